The smallest absolute Gasteiger partial charge is 0.338 e. The number of carbonyl (C=O) groups is 3. The minimum Gasteiger partial charge on any atom is -0.465 e. The lowest BCUT2D eigenvalue weighted by Crippen LogP contribution is -2.13. The molecule has 3 rings (SSSR count). The van der Waals surface area contributed by atoms with Crippen molar-refractivity contribution in [2.75, 3.05) is 19.5 Å². The lowest BCUT2D eigenvalue weighted by Gasteiger charge is -2.12. The summed E-state index contributed by atoms with van der Waals surface area (Å²) in [6.45, 7) is 0. The van der Waals surface area contributed by atoms with Crippen molar-refractivity contribution >= 4 is 46.1 Å². The van der Waals surface area contributed by atoms with E-state index in [9.17, 15) is 14.4 Å². The number of hydrogen-bond acceptors (Lipinski definition) is 6. The Balaban J connectivity index is 1.82. The van der Waals surface area contributed by atoms with Crippen LogP contribution in [0.5, 0.6) is 11.5 Å². The van der Waals surface area contributed by atoms with Crippen LogP contribution in [0.25, 0.3) is 0 Å². The summed E-state index contributed by atoms with van der Waals surface area (Å²) in [4.78, 5) is 36.5. The fourth-order valence-corrected chi connectivity index (χ4v) is 3.40. The van der Waals surface area contributed by atoms with Crippen LogP contribution in [-0.2, 0) is 9.47 Å². The Bertz CT molecular complexity index is 1140. The average Bonchev–Trinajstić information content (AvgIpc) is 2.78. The molecule has 1 amide bonds. The Morgan fingerprint density at radius 3 is 2.13 bits per heavy atom. The normalized spacial score (nSPS) is 10.2. The van der Waals surface area contributed by atoms with E-state index in [1.54, 1.807) is 36.4 Å². The third-order valence-corrected chi connectivity index (χ3v) is 5.19. The minimum atomic E-state index is -0.690. The maximum Gasteiger partial charge on any atom is 0.338 e. The maximum absolute atomic E-state index is 12.5. The van der Waals surface area contributed by atoms with E-state index in [-0.39, 0.29) is 17.0 Å². The van der Waals surface area contributed by atoms with Gasteiger partial charge in [-0.2, -0.15) is 0 Å². The van der Waals surface area contributed by atoms with E-state index in [0.29, 0.717) is 22.7 Å². The highest BCUT2D eigenvalue weighted by atomic mass is 127. The number of benzene rings is 3. The summed E-state index contributed by atoms with van der Waals surface area (Å²) in [5, 5.41) is 2.84. The Labute approximate surface area is 192 Å². The van der Waals surface area contributed by atoms with Gasteiger partial charge in [-0.15, -0.1) is 0 Å². The molecule has 0 radical (unpaired) electrons. The van der Waals surface area contributed by atoms with Crippen LogP contribution in [0, 0.1) is 3.57 Å². The lowest BCUT2D eigenvalue weighted by atomic mass is 10.1. The van der Waals surface area contributed by atoms with Gasteiger partial charge < -0.3 is 19.5 Å². The van der Waals surface area contributed by atoms with Gasteiger partial charge in [-0.05, 0) is 65.1 Å². The largest absolute Gasteiger partial charge is 0.465 e. The molecule has 1 N–H and O–H groups in total. The molecule has 0 saturated carbocycles. The van der Waals surface area contributed by atoms with Gasteiger partial charge in [0.15, 0.2) is 0 Å². The molecule has 0 spiro atoms. The first-order chi connectivity index (χ1) is 14.9. The van der Waals surface area contributed by atoms with Crippen LogP contribution < -0.4 is 10.1 Å². The Hall–Kier alpha value is -3.40. The Morgan fingerprint density at radius 1 is 0.742 bits per heavy atom. The second kappa shape index (κ2) is 10.1. The number of rotatable bonds is 6. The van der Waals surface area contributed by atoms with Crippen molar-refractivity contribution in [2.45, 2.75) is 0 Å². The summed E-state index contributed by atoms with van der Waals surface area (Å²) in [6.07, 6.45) is 0. The molecule has 0 bridgehead atoms. The van der Waals surface area contributed by atoms with Crippen molar-refractivity contribution in [1.29, 1.82) is 0 Å². The first-order valence-electron chi connectivity index (χ1n) is 9.07. The Morgan fingerprint density at radius 2 is 1.42 bits per heavy atom. The lowest BCUT2D eigenvalue weighted by molar-refractivity contribution is 0.0555. The van der Waals surface area contributed by atoms with Gasteiger partial charge in [-0.25, -0.2) is 9.59 Å². The van der Waals surface area contributed by atoms with E-state index in [1.807, 2.05) is 12.1 Å². The predicted molar refractivity (Wildman–Crippen MR) is 123 cm³/mol. The van der Waals surface area contributed by atoms with Gasteiger partial charge in [0.25, 0.3) is 5.91 Å². The molecule has 0 aliphatic heterocycles. The monoisotopic (exact) mass is 531 g/mol. The highest BCUT2D eigenvalue weighted by Crippen LogP contribution is 2.27. The molecular formula is C23H18INO6. The number of methoxy groups -OCH3 is 2. The molecule has 7 nitrogen and oxygen atoms in total. The zero-order valence-electron chi connectivity index (χ0n) is 16.7. The van der Waals surface area contributed by atoms with Crippen molar-refractivity contribution in [2.24, 2.45) is 0 Å². The second-order valence-corrected chi connectivity index (χ2v) is 7.42. The van der Waals surface area contributed by atoms with E-state index >= 15 is 0 Å². The minimum absolute atomic E-state index is 0.0231. The van der Waals surface area contributed by atoms with Crippen LogP contribution in [0.3, 0.4) is 0 Å². The van der Waals surface area contributed by atoms with Crippen LogP contribution in [0.2, 0.25) is 0 Å². The van der Waals surface area contributed by atoms with Crippen molar-refractivity contribution < 1.29 is 28.6 Å². The number of carbonyl (C=O) groups excluding carboxylic acids is 3. The van der Waals surface area contributed by atoms with Crippen molar-refractivity contribution in [3.05, 3.63) is 87.0 Å². The van der Waals surface area contributed by atoms with E-state index in [0.717, 1.165) is 3.57 Å². The number of amides is 1. The summed E-state index contributed by atoms with van der Waals surface area (Å²) >= 11 is 2.11. The molecule has 0 heterocycles. The number of ether oxygens (including phenoxy) is 3. The highest BCUT2D eigenvalue weighted by Gasteiger charge is 2.19. The molecule has 0 fully saturated rings. The molecular weight excluding hydrogens is 513 g/mol. The number of nitrogens with one attached hydrogen (secondary N) is 1. The molecule has 8 heteroatoms. The molecule has 3 aromatic carbocycles. The zero-order valence-corrected chi connectivity index (χ0v) is 18.8. The van der Waals surface area contributed by atoms with E-state index in [2.05, 4.69) is 27.9 Å². The van der Waals surface area contributed by atoms with Gasteiger partial charge in [0.2, 0.25) is 0 Å². The summed E-state index contributed by atoms with van der Waals surface area (Å²) in [5.74, 6) is -0.842. The SMILES string of the molecule is COC(=O)c1ccc(Oc2cccc(NC(=O)c3ccccc3I)c2)cc1C(=O)OC. The highest BCUT2D eigenvalue weighted by molar-refractivity contribution is 14.1. The topological polar surface area (TPSA) is 90.9 Å². The van der Waals surface area contributed by atoms with Crippen LogP contribution in [0.4, 0.5) is 5.69 Å². The van der Waals surface area contributed by atoms with E-state index < -0.39 is 11.9 Å². The fourth-order valence-electron chi connectivity index (χ4n) is 2.77. The van der Waals surface area contributed by atoms with Crippen molar-refractivity contribution in [1.82, 2.24) is 0 Å². The first-order valence-corrected chi connectivity index (χ1v) is 10.1. The van der Waals surface area contributed by atoms with Crippen molar-refractivity contribution in [3.8, 4) is 11.5 Å². The zero-order chi connectivity index (χ0) is 22.4. The third kappa shape index (κ3) is 5.40. The number of esters is 2. The summed E-state index contributed by atoms with van der Waals surface area (Å²) in [5.41, 5.74) is 1.20. The molecule has 158 valence electrons. The molecule has 0 saturated heterocycles. The van der Waals surface area contributed by atoms with Crippen LogP contribution in [0.1, 0.15) is 31.1 Å². The molecule has 0 aliphatic carbocycles. The molecule has 0 aromatic heterocycles. The summed E-state index contributed by atoms with van der Waals surface area (Å²) in [7, 11) is 2.45. The van der Waals surface area contributed by atoms with Gasteiger partial charge in [-0.1, -0.05) is 18.2 Å². The molecule has 0 aliphatic rings. The summed E-state index contributed by atoms with van der Waals surface area (Å²) in [6, 6.07) is 18.4. The molecule has 0 unspecified atom stereocenters. The number of anilines is 1. The van der Waals surface area contributed by atoms with E-state index in [1.165, 1.54) is 32.4 Å². The third-order valence-electron chi connectivity index (χ3n) is 4.25. The van der Waals surface area contributed by atoms with E-state index in [4.69, 9.17) is 14.2 Å². The molecule has 0 atom stereocenters. The van der Waals surface area contributed by atoms with Gasteiger partial charge in [0.1, 0.15) is 11.5 Å². The first kappa shape index (κ1) is 22.3. The maximum atomic E-state index is 12.5. The predicted octanol–water partition coefficient (Wildman–Crippen LogP) is 4.91. The van der Waals surface area contributed by atoms with Gasteiger partial charge in [0, 0.05) is 15.3 Å². The van der Waals surface area contributed by atoms with Crippen molar-refractivity contribution in [3.63, 3.8) is 0 Å². The van der Waals surface area contributed by atoms with Gasteiger partial charge >= 0.3 is 11.9 Å². The van der Waals surface area contributed by atoms with Gasteiger partial charge in [0.05, 0.1) is 30.9 Å². The Kier molecular flexibility index (Phi) is 7.24. The second-order valence-electron chi connectivity index (χ2n) is 6.25. The van der Waals surface area contributed by atoms with Crippen LogP contribution >= 0.6 is 22.6 Å². The molecule has 3 aromatic rings. The summed E-state index contributed by atoms with van der Waals surface area (Å²) < 4.78 is 16.1. The standard InChI is InChI=1S/C23H18INO6/c1-29-22(27)17-11-10-16(13-19(17)23(28)30-2)31-15-7-5-6-14(12-15)25-21(26)18-8-3-4-9-20(18)24/h3-13H,1-2H3,(H,25,26). The van der Waals surface area contributed by atoms with Gasteiger partial charge in [-0.3, -0.25) is 4.79 Å². The number of halogens is 1. The fraction of sp³-hybridized carbons (Fsp3) is 0.0870. The van der Waals surface area contributed by atoms with Crippen LogP contribution in [0.15, 0.2) is 66.7 Å². The quantitative estimate of drug-likeness (QED) is 0.359. The number of hydrogen-bond donors (Lipinski definition) is 1. The average molecular weight is 531 g/mol. The van der Waals surface area contributed by atoms with Crippen LogP contribution in [-0.4, -0.2) is 32.1 Å². The molecule has 31 heavy (non-hydrogen) atoms.